The van der Waals surface area contributed by atoms with Crippen molar-refractivity contribution in [2.75, 3.05) is 51.3 Å². The molecule has 0 bridgehead atoms. The van der Waals surface area contributed by atoms with E-state index < -0.39 is 0 Å². The average Bonchev–Trinajstić information content (AvgIpc) is 3.41. The minimum absolute atomic E-state index is 0.170. The van der Waals surface area contributed by atoms with Crippen molar-refractivity contribution in [1.82, 2.24) is 5.32 Å². The van der Waals surface area contributed by atoms with E-state index in [0.29, 0.717) is 17.6 Å². The molecule has 0 radical (unpaired) electrons. The maximum absolute atomic E-state index is 14.8. The van der Waals surface area contributed by atoms with Crippen molar-refractivity contribution in [3.8, 4) is 17.2 Å². The average molecular weight is 465 g/mol. The van der Waals surface area contributed by atoms with Gasteiger partial charge in [0.1, 0.15) is 11.4 Å². The third-order valence-corrected chi connectivity index (χ3v) is 7.41. The number of halogens is 1. The number of nitrogens with zero attached hydrogens (tertiary/aromatic N) is 2. The Kier molecular flexibility index (Phi) is 7.44. The van der Waals surface area contributed by atoms with E-state index in [4.69, 9.17) is 9.47 Å². The van der Waals surface area contributed by atoms with Gasteiger partial charge in [0.2, 0.25) is 0 Å². The first-order valence-electron chi connectivity index (χ1n) is 12.7. The van der Waals surface area contributed by atoms with Gasteiger partial charge in [0.15, 0.2) is 0 Å². The van der Waals surface area contributed by atoms with Crippen molar-refractivity contribution in [2.24, 2.45) is 5.92 Å². The van der Waals surface area contributed by atoms with E-state index in [1.807, 2.05) is 6.07 Å². The van der Waals surface area contributed by atoms with Gasteiger partial charge in [-0.3, -0.25) is 0 Å². The summed E-state index contributed by atoms with van der Waals surface area (Å²) in [7, 11) is 1.61. The van der Waals surface area contributed by atoms with Crippen LogP contribution in [-0.4, -0.2) is 58.6 Å². The third-order valence-electron chi connectivity index (χ3n) is 7.41. The number of hydrogen-bond donors (Lipinski definition) is 1. The Labute approximate surface area is 202 Å². The van der Waals surface area contributed by atoms with Gasteiger partial charge in [-0.15, -0.1) is 0 Å². The first-order chi connectivity index (χ1) is 16.7. The molecule has 5 nitrogen and oxygen atoms in total. The Hall–Kier alpha value is -2.46. The van der Waals surface area contributed by atoms with Gasteiger partial charge in [-0.2, -0.15) is 0 Å². The lowest BCUT2D eigenvalue weighted by molar-refractivity contribution is 0.0292. The Morgan fingerprint density at radius 1 is 1.09 bits per heavy atom. The Balaban J connectivity index is 1.41. The summed E-state index contributed by atoms with van der Waals surface area (Å²) in [5, 5.41) is 3.41. The molecule has 6 heteroatoms. The SMILES string of the molecule is C[N+]#Cc1ccc(-c2cc(CC3CNCCO3)ccc2N2CCC(C3CCCO3)CC2)cc1F. The quantitative estimate of drug-likeness (QED) is 0.694. The van der Waals surface area contributed by atoms with Crippen LogP contribution in [0.4, 0.5) is 10.1 Å². The van der Waals surface area contributed by atoms with Gasteiger partial charge < -0.3 is 19.7 Å². The van der Waals surface area contributed by atoms with E-state index in [9.17, 15) is 4.39 Å². The van der Waals surface area contributed by atoms with Crippen molar-refractivity contribution in [3.05, 3.63) is 58.2 Å². The maximum atomic E-state index is 14.8. The lowest BCUT2D eigenvalue weighted by Crippen LogP contribution is -2.39. The first-order valence-corrected chi connectivity index (χ1v) is 12.7. The van der Waals surface area contributed by atoms with Gasteiger partial charge >= 0.3 is 6.07 Å². The van der Waals surface area contributed by atoms with Crippen LogP contribution >= 0.6 is 0 Å². The van der Waals surface area contributed by atoms with Crippen molar-refractivity contribution >= 4 is 5.69 Å². The lowest BCUT2D eigenvalue weighted by atomic mass is 9.88. The van der Waals surface area contributed by atoms with E-state index >= 15 is 0 Å². The van der Waals surface area contributed by atoms with E-state index in [0.717, 1.165) is 69.8 Å². The van der Waals surface area contributed by atoms with Crippen molar-refractivity contribution in [1.29, 1.82) is 0 Å². The van der Waals surface area contributed by atoms with Crippen molar-refractivity contribution in [2.45, 2.75) is 44.3 Å². The number of benzene rings is 2. The van der Waals surface area contributed by atoms with Crippen LogP contribution in [0.25, 0.3) is 16.0 Å². The molecule has 0 aliphatic carbocycles. The molecule has 0 aromatic heterocycles. The number of nitrogens with one attached hydrogen (secondary N) is 1. The fourth-order valence-corrected chi connectivity index (χ4v) is 5.61. The van der Waals surface area contributed by atoms with E-state index in [2.05, 4.69) is 39.3 Å². The standard InChI is InChI=1S/C28H35FN3O2/c1-30-18-23-6-5-22(17-26(23)29)25-16-20(15-24-19-31-10-14-33-24)4-7-27(25)32-11-8-21(9-12-32)28-3-2-13-34-28/h4-7,16-17,21,24,28,31H,2-3,8-15,19H2,1H3/q+1. The fourth-order valence-electron chi connectivity index (χ4n) is 5.61. The highest BCUT2D eigenvalue weighted by Gasteiger charge is 2.30. The molecule has 2 unspecified atom stereocenters. The van der Waals surface area contributed by atoms with Crippen LogP contribution in [-0.2, 0) is 15.9 Å². The predicted octanol–water partition coefficient (Wildman–Crippen LogP) is 4.73. The molecule has 180 valence electrons. The minimum atomic E-state index is -0.295. The number of piperidine rings is 1. The molecule has 0 amide bonds. The topological polar surface area (TPSA) is 38.1 Å². The third kappa shape index (κ3) is 5.27. The van der Waals surface area contributed by atoms with Gasteiger partial charge in [0.25, 0.3) is 7.05 Å². The zero-order chi connectivity index (χ0) is 23.3. The molecule has 2 aromatic rings. The molecular weight excluding hydrogens is 429 g/mol. The number of ether oxygens (including phenoxy) is 2. The van der Waals surface area contributed by atoms with Crippen LogP contribution in [0.2, 0.25) is 0 Å². The second kappa shape index (κ2) is 10.9. The van der Waals surface area contributed by atoms with Gasteiger partial charge in [0, 0.05) is 44.0 Å². The predicted molar refractivity (Wildman–Crippen MR) is 134 cm³/mol. The second-order valence-corrected chi connectivity index (χ2v) is 9.66. The lowest BCUT2D eigenvalue weighted by Gasteiger charge is -2.37. The molecule has 3 fully saturated rings. The largest absolute Gasteiger partial charge is 0.378 e. The summed E-state index contributed by atoms with van der Waals surface area (Å²) in [6, 6.07) is 14.8. The molecular formula is C28H35FN3O2+. The van der Waals surface area contributed by atoms with E-state index in [-0.39, 0.29) is 11.9 Å². The molecule has 0 saturated carbocycles. The highest BCUT2D eigenvalue weighted by molar-refractivity contribution is 5.80. The maximum Gasteiger partial charge on any atom is 0.313 e. The van der Waals surface area contributed by atoms with Gasteiger partial charge in [-0.25, -0.2) is 4.39 Å². The molecule has 3 saturated heterocycles. The van der Waals surface area contributed by atoms with Crippen LogP contribution < -0.4 is 10.2 Å². The summed E-state index contributed by atoms with van der Waals surface area (Å²) in [4.78, 5) is 6.32. The first kappa shape index (κ1) is 23.3. The summed E-state index contributed by atoms with van der Waals surface area (Å²) in [5.41, 5.74) is 4.75. The second-order valence-electron chi connectivity index (χ2n) is 9.66. The molecule has 1 N–H and O–H groups in total. The van der Waals surface area contributed by atoms with Crippen LogP contribution in [0.5, 0.6) is 0 Å². The number of morpholine rings is 1. The molecule has 2 aromatic carbocycles. The zero-order valence-corrected chi connectivity index (χ0v) is 20.1. The smallest absolute Gasteiger partial charge is 0.313 e. The van der Waals surface area contributed by atoms with Crippen molar-refractivity contribution in [3.63, 3.8) is 0 Å². The van der Waals surface area contributed by atoms with Crippen LogP contribution in [0.15, 0.2) is 36.4 Å². The zero-order valence-electron chi connectivity index (χ0n) is 20.1. The summed E-state index contributed by atoms with van der Waals surface area (Å²) < 4.78 is 26.7. The number of anilines is 1. The number of rotatable bonds is 5. The van der Waals surface area contributed by atoms with Crippen molar-refractivity contribution < 1.29 is 13.9 Å². The fraction of sp³-hybridized carbons (Fsp3) is 0.536. The van der Waals surface area contributed by atoms with Crippen LogP contribution in [0.1, 0.15) is 36.8 Å². The molecule has 3 aliphatic heterocycles. The molecule has 2 atom stereocenters. The van der Waals surface area contributed by atoms with Gasteiger partial charge in [-0.05, 0) is 73.4 Å². The Bertz CT molecular complexity index is 1040. The molecule has 3 heterocycles. The van der Waals surface area contributed by atoms with Crippen LogP contribution in [0, 0.1) is 17.8 Å². The highest BCUT2D eigenvalue weighted by atomic mass is 19.1. The van der Waals surface area contributed by atoms with E-state index in [1.165, 1.54) is 24.1 Å². The van der Waals surface area contributed by atoms with Crippen LogP contribution in [0.3, 0.4) is 0 Å². The Morgan fingerprint density at radius 3 is 2.68 bits per heavy atom. The van der Waals surface area contributed by atoms with Gasteiger partial charge in [0.05, 0.1) is 18.8 Å². The summed E-state index contributed by atoms with van der Waals surface area (Å²) in [6.45, 7) is 5.44. The molecule has 3 aliphatic rings. The normalized spacial score (nSPS) is 23.5. The molecule has 0 spiro atoms. The highest BCUT2D eigenvalue weighted by Crippen LogP contribution is 2.37. The Morgan fingerprint density at radius 2 is 1.97 bits per heavy atom. The monoisotopic (exact) mass is 464 g/mol. The molecule has 5 rings (SSSR count). The minimum Gasteiger partial charge on any atom is -0.378 e. The summed E-state index contributed by atoms with van der Waals surface area (Å²) >= 11 is 0. The molecule has 34 heavy (non-hydrogen) atoms. The van der Waals surface area contributed by atoms with E-state index in [1.54, 1.807) is 19.2 Å². The summed E-state index contributed by atoms with van der Waals surface area (Å²) in [6.07, 6.45) is 6.13. The summed E-state index contributed by atoms with van der Waals surface area (Å²) in [5.74, 6) is 0.356. The van der Waals surface area contributed by atoms with Gasteiger partial charge in [-0.1, -0.05) is 17.0 Å². The number of hydrogen-bond acceptors (Lipinski definition) is 4.